The average Bonchev–Trinajstić information content (AvgIpc) is 2.79. The summed E-state index contributed by atoms with van der Waals surface area (Å²) >= 11 is 0. The van der Waals surface area contributed by atoms with E-state index in [9.17, 15) is 0 Å². The smallest absolute Gasteiger partial charge is 0.131 e. The lowest BCUT2D eigenvalue weighted by atomic mass is 9.79. The van der Waals surface area contributed by atoms with Gasteiger partial charge < -0.3 is 4.74 Å². The Hall–Kier alpha value is -1.83. The first-order chi connectivity index (χ1) is 15.0. The summed E-state index contributed by atoms with van der Waals surface area (Å²) in [7, 11) is 0. The summed E-state index contributed by atoms with van der Waals surface area (Å²) in [6.07, 6.45) is 8.92. The van der Waals surface area contributed by atoms with Crippen LogP contribution < -0.4 is 4.74 Å². The minimum Gasteiger partial charge on any atom is -0.493 e. The van der Waals surface area contributed by atoms with Gasteiger partial charge in [0.1, 0.15) is 11.6 Å². The molecule has 3 rings (SSSR count). The molecule has 0 unspecified atom stereocenters. The molecule has 0 saturated heterocycles. The van der Waals surface area contributed by atoms with Crippen LogP contribution in [0.3, 0.4) is 0 Å². The highest BCUT2D eigenvalue weighted by molar-refractivity contribution is 5.68. The highest BCUT2D eigenvalue weighted by atomic mass is 19.1. The van der Waals surface area contributed by atoms with Crippen LogP contribution in [0.25, 0.3) is 11.1 Å². The number of ether oxygens (including phenoxy) is 1. The second kappa shape index (κ2) is 11.2. The molecule has 170 valence electrons. The second-order valence-electron chi connectivity index (χ2n) is 9.52. The summed E-state index contributed by atoms with van der Waals surface area (Å²) in [5.41, 5.74) is 5.23. The van der Waals surface area contributed by atoms with Gasteiger partial charge in [-0.15, -0.1) is 0 Å². The molecule has 0 radical (unpaired) electrons. The summed E-state index contributed by atoms with van der Waals surface area (Å²) in [5.74, 6) is 2.84. The van der Waals surface area contributed by atoms with Crippen molar-refractivity contribution in [3.05, 3.63) is 52.8 Å². The third kappa shape index (κ3) is 5.70. The molecule has 0 aliphatic heterocycles. The normalized spacial score (nSPS) is 19.1. The van der Waals surface area contributed by atoms with Crippen molar-refractivity contribution in [3.63, 3.8) is 0 Å². The lowest BCUT2D eigenvalue weighted by Crippen LogP contribution is -2.12. The first-order valence-corrected chi connectivity index (χ1v) is 12.6. The van der Waals surface area contributed by atoms with Gasteiger partial charge in [0.15, 0.2) is 0 Å². The van der Waals surface area contributed by atoms with Crippen LogP contribution in [-0.2, 0) is 12.8 Å². The van der Waals surface area contributed by atoms with Crippen LogP contribution in [0.1, 0.15) is 95.8 Å². The molecular formula is C29H41FO. The van der Waals surface area contributed by atoms with Gasteiger partial charge in [-0.1, -0.05) is 72.4 Å². The highest BCUT2D eigenvalue weighted by Gasteiger charge is 2.21. The molecule has 1 fully saturated rings. The summed E-state index contributed by atoms with van der Waals surface area (Å²) in [4.78, 5) is 0. The SMILES string of the molecule is CCc1cc(-c2ccc(C3CCC(C)CC3)cc2F)cc(CC)c1OCC(CC)CC. The molecule has 1 saturated carbocycles. The van der Waals surface area contributed by atoms with E-state index in [0.717, 1.165) is 49.5 Å². The van der Waals surface area contributed by atoms with E-state index in [1.54, 1.807) is 6.07 Å². The van der Waals surface area contributed by atoms with Crippen molar-refractivity contribution < 1.29 is 9.13 Å². The number of aryl methyl sites for hydroxylation is 2. The van der Waals surface area contributed by atoms with E-state index < -0.39 is 0 Å². The van der Waals surface area contributed by atoms with Crippen LogP contribution in [0.2, 0.25) is 0 Å². The van der Waals surface area contributed by atoms with Gasteiger partial charge >= 0.3 is 0 Å². The fourth-order valence-electron chi connectivity index (χ4n) is 4.96. The van der Waals surface area contributed by atoms with Gasteiger partial charge in [0.25, 0.3) is 0 Å². The van der Waals surface area contributed by atoms with E-state index in [-0.39, 0.29) is 5.82 Å². The first kappa shape index (κ1) is 23.8. The van der Waals surface area contributed by atoms with Gasteiger partial charge in [0.05, 0.1) is 6.61 Å². The zero-order chi connectivity index (χ0) is 22.4. The second-order valence-corrected chi connectivity index (χ2v) is 9.52. The van der Waals surface area contributed by atoms with Crippen molar-refractivity contribution in [2.75, 3.05) is 6.61 Å². The molecule has 0 aromatic heterocycles. The number of hydrogen-bond donors (Lipinski definition) is 0. The number of halogens is 1. The average molecular weight is 425 g/mol. The maximum Gasteiger partial charge on any atom is 0.131 e. The topological polar surface area (TPSA) is 9.23 Å². The molecule has 0 spiro atoms. The van der Waals surface area contributed by atoms with Crippen LogP contribution in [-0.4, -0.2) is 6.61 Å². The van der Waals surface area contributed by atoms with Crippen molar-refractivity contribution in [2.24, 2.45) is 11.8 Å². The Labute approximate surface area is 189 Å². The maximum atomic E-state index is 15.3. The van der Waals surface area contributed by atoms with Crippen molar-refractivity contribution in [3.8, 4) is 16.9 Å². The van der Waals surface area contributed by atoms with E-state index in [2.05, 4.69) is 52.8 Å². The summed E-state index contributed by atoms with van der Waals surface area (Å²) < 4.78 is 21.6. The Morgan fingerprint density at radius 3 is 2.03 bits per heavy atom. The van der Waals surface area contributed by atoms with E-state index in [1.165, 1.54) is 42.4 Å². The lowest BCUT2D eigenvalue weighted by molar-refractivity contribution is 0.237. The summed E-state index contributed by atoms with van der Waals surface area (Å²) in [6, 6.07) is 10.2. The number of benzene rings is 2. The Morgan fingerprint density at radius 2 is 1.52 bits per heavy atom. The zero-order valence-electron chi connectivity index (χ0n) is 20.3. The van der Waals surface area contributed by atoms with Crippen LogP contribution in [0, 0.1) is 17.7 Å². The molecule has 1 nitrogen and oxygen atoms in total. The molecule has 1 aliphatic carbocycles. The van der Waals surface area contributed by atoms with Gasteiger partial charge in [-0.25, -0.2) is 4.39 Å². The molecular weight excluding hydrogens is 383 g/mol. The van der Waals surface area contributed by atoms with Crippen molar-refractivity contribution in [1.82, 2.24) is 0 Å². The molecule has 0 amide bonds. The van der Waals surface area contributed by atoms with E-state index >= 15 is 4.39 Å². The maximum absolute atomic E-state index is 15.3. The molecule has 0 atom stereocenters. The fourth-order valence-corrected chi connectivity index (χ4v) is 4.96. The Balaban J connectivity index is 1.88. The van der Waals surface area contributed by atoms with Crippen LogP contribution >= 0.6 is 0 Å². The van der Waals surface area contributed by atoms with Crippen LogP contribution in [0.5, 0.6) is 5.75 Å². The molecule has 1 aliphatic rings. The van der Waals surface area contributed by atoms with Crippen molar-refractivity contribution in [2.45, 2.75) is 91.9 Å². The molecule has 2 aromatic carbocycles. The quantitative estimate of drug-likeness (QED) is 0.391. The predicted molar refractivity (Wildman–Crippen MR) is 131 cm³/mol. The molecule has 0 heterocycles. The monoisotopic (exact) mass is 424 g/mol. The van der Waals surface area contributed by atoms with Crippen LogP contribution in [0.4, 0.5) is 4.39 Å². The molecule has 0 N–H and O–H groups in total. The van der Waals surface area contributed by atoms with Gasteiger partial charge in [-0.05, 0) is 83.9 Å². The third-order valence-electron chi connectivity index (χ3n) is 7.41. The van der Waals surface area contributed by atoms with Crippen molar-refractivity contribution >= 4 is 0 Å². The van der Waals surface area contributed by atoms with Crippen molar-refractivity contribution in [1.29, 1.82) is 0 Å². The van der Waals surface area contributed by atoms with E-state index in [1.807, 2.05) is 6.07 Å². The lowest BCUT2D eigenvalue weighted by Gasteiger charge is -2.26. The Kier molecular flexibility index (Phi) is 8.58. The van der Waals surface area contributed by atoms with E-state index in [4.69, 9.17) is 4.74 Å². The summed E-state index contributed by atoms with van der Waals surface area (Å²) in [5, 5.41) is 0. The molecule has 31 heavy (non-hydrogen) atoms. The molecule has 2 aromatic rings. The summed E-state index contributed by atoms with van der Waals surface area (Å²) in [6.45, 7) is 11.9. The minimum atomic E-state index is -0.0917. The Morgan fingerprint density at radius 1 is 0.903 bits per heavy atom. The number of rotatable bonds is 9. The molecule has 2 heteroatoms. The standard InChI is InChI=1S/C29H41FO/c1-6-21(7-2)19-31-29-22(8-3)16-26(17-23(29)9-4)27-15-14-25(18-28(27)30)24-12-10-20(5)11-13-24/h14-18,20-21,24H,6-13,19H2,1-5H3. The third-order valence-corrected chi connectivity index (χ3v) is 7.41. The first-order valence-electron chi connectivity index (χ1n) is 12.6. The van der Waals surface area contributed by atoms with Crippen LogP contribution in [0.15, 0.2) is 30.3 Å². The zero-order valence-corrected chi connectivity index (χ0v) is 20.3. The van der Waals surface area contributed by atoms with Gasteiger partial charge in [0.2, 0.25) is 0 Å². The molecule has 0 bridgehead atoms. The fraction of sp³-hybridized carbons (Fsp3) is 0.586. The highest BCUT2D eigenvalue weighted by Crippen LogP contribution is 2.38. The Bertz CT molecular complexity index is 819. The van der Waals surface area contributed by atoms with Gasteiger partial charge in [-0.2, -0.15) is 0 Å². The number of hydrogen-bond acceptors (Lipinski definition) is 1. The van der Waals surface area contributed by atoms with Gasteiger partial charge in [-0.3, -0.25) is 0 Å². The van der Waals surface area contributed by atoms with E-state index in [0.29, 0.717) is 17.4 Å². The predicted octanol–water partition coefficient (Wildman–Crippen LogP) is 8.73. The van der Waals surface area contributed by atoms with Gasteiger partial charge in [0, 0.05) is 5.56 Å². The minimum absolute atomic E-state index is 0.0917. The largest absolute Gasteiger partial charge is 0.493 e.